The standard InChI is InChI=1S/C14H16N4O/c19-14(17-11-6-7-11)16-9-13-15-8-12(18-13)10-4-2-1-3-5-10/h1-5,8,11H,6-7,9H2,(H,15,18)(H2,16,17,19). The first kappa shape index (κ1) is 11.8. The van der Waals surface area contributed by atoms with Gasteiger partial charge in [0.1, 0.15) is 5.82 Å². The van der Waals surface area contributed by atoms with Gasteiger partial charge >= 0.3 is 6.03 Å². The molecule has 2 aromatic rings. The SMILES string of the molecule is O=C(NCc1ncc(-c2ccccc2)[nH]1)NC1CC1. The number of carbonyl (C=O) groups is 1. The fraction of sp³-hybridized carbons (Fsp3) is 0.286. The minimum Gasteiger partial charge on any atom is -0.341 e. The van der Waals surface area contributed by atoms with Gasteiger partial charge in [0, 0.05) is 6.04 Å². The summed E-state index contributed by atoms with van der Waals surface area (Å²) in [5.41, 5.74) is 2.05. The van der Waals surface area contributed by atoms with Gasteiger partial charge in [-0.05, 0) is 18.4 Å². The first-order valence-corrected chi connectivity index (χ1v) is 6.45. The molecule has 1 aromatic heterocycles. The van der Waals surface area contributed by atoms with Gasteiger partial charge in [0.05, 0.1) is 18.4 Å². The maximum absolute atomic E-state index is 11.5. The zero-order valence-corrected chi connectivity index (χ0v) is 10.5. The lowest BCUT2D eigenvalue weighted by Gasteiger charge is -2.04. The molecule has 1 aliphatic carbocycles. The molecule has 0 spiro atoms. The van der Waals surface area contributed by atoms with Crippen molar-refractivity contribution in [1.29, 1.82) is 0 Å². The number of nitrogens with one attached hydrogen (secondary N) is 3. The number of urea groups is 1. The predicted molar refractivity (Wildman–Crippen MR) is 72.4 cm³/mol. The summed E-state index contributed by atoms with van der Waals surface area (Å²) in [5, 5.41) is 5.66. The topological polar surface area (TPSA) is 69.8 Å². The van der Waals surface area contributed by atoms with E-state index in [1.165, 1.54) is 0 Å². The van der Waals surface area contributed by atoms with Crippen LogP contribution in [0.1, 0.15) is 18.7 Å². The second-order valence-corrected chi connectivity index (χ2v) is 4.71. The summed E-state index contributed by atoms with van der Waals surface area (Å²) in [6.45, 7) is 0.408. The van der Waals surface area contributed by atoms with E-state index in [9.17, 15) is 4.79 Å². The van der Waals surface area contributed by atoms with Crippen LogP contribution in [0.25, 0.3) is 11.3 Å². The Morgan fingerprint density at radius 1 is 1.32 bits per heavy atom. The molecular formula is C14H16N4O. The highest BCUT2D eigenvalue weighted by atomic mass is 16.2. The number of imidazole rings is 1. The summed E-state index contributed by atoms with van der Waals surface area (Å²) >= 11 is 0. The van der Waals surface area contributed by atoms with Gasteiger partial charge in [-0.1, -0.05) is 30.3 Å². The van der Waals surface area contributed by atoms with Crippen LogP contribution in [0.3, 0.4) is 0 Å². The smallest absolute Gasteiger partial charge is 0.315 e. The van der Waals surface area contributed by atoms with Gasteiger partial charge in [0.15, 0.2) is 0 Å². The predicted octanol–water partition coefficient (Wildman–Crippen LogP) is 2.04. The highest BCUT2D eigenvalue weighted by Crippen LogP contribution is 2.18. The maximum Gasteiger partial charge on any atom is 0.315 e. The second-order valence-electron chi connectivity index (χ2n) is 4.71. The summed E-state index contributed by atoms with van der Waals surface area (Å²) in [6, 6.07) is 10.2. The third-order valence-corrected chi connectivity index (χ3v) is 3.04. The molecule has 19 heavy (non-hydrogen) atoms. The third kappa shape index (κ3) is 3.13. The van der Waals surface area contributed by atoms with E-state index in [4.69, 9.17) is 0 Å². The quantitative estimate of drug-likeness (QED) is 0.783. The van der Waals surface area contributed by atoms with Crippen LogP contribution in [0.4, 0.5) is 4.79 Å². The van der Waals surface area contributed by atoms with Gasteiger partial charge in [-0.25, -0.2) is 9.78 Å². The van der Waals surface area contributed by atoms with Crippen molar-refractivity contribution in [3.8, 4) is 11.3 Å². The second kappa shape index (κ2) is 5.14. The van der Waals surface area contributed by atoms with Crippen molar-refractivity contribution in [3.63, 3.8) is 0 Å². The number of aromatic nitrogens is 2. The lowest BCUT2D eigenvalue weighted by atomic mass is 10.2. The van der Waals surface area contributed by atoms with E-state index in [0.29, 0.717) is 12.6 Å². The molecule has 98 valence electrons. The van der Waals surface area contributed by atoms with Crippen molar-refractivity contribution < 1.29 is 4.79 Å². The van der Waals surface area contributed by atoms with Crippen molar-refractivity contribution in [3.05, 3.63) is 42.4 Å². The van der Waals surface area contributed by atoms with Gasteiger partial charge in [0.2, 0.25) is 0 Å². The molecule has 0 unspecified atom stereocenters. The molecule has 1 fully saturated rings. The summed E-state index contributed by atoms with van der Waals surface area (Å²) < 4.78 is 0. The molecule has 0 saturated heterocycles. The van der Waals surface area contributed by atoms with Gasteiger partial charge < -0.3 is 15.6 Å². The molecule has 0 bridgehead atoms. The lowest BCUT2D eigenvalue weighted by Crippen LogP contribution is -2.36. The number of amides is 2. The van der Waals surface area contributed by atoms with E-state index < -0.39 is 0 Å². The van der Waals surface area contributed by atoms with Gasteiger partial charge in [-0.15, -0.1) is 0 Å². The normalized spacial score (nSPS) is 14.1. The van der Waals surface area contributed by atoms with Crippen LogP contribution in [0, 0.1) is 0 Å². The van der Waals surface area contributed by atoms with Crippen LogP contribution in [-0.2, 0) is 6.54 Å². The molecule has 1 heterocycles. The molecule has 3 N–H and O–H groups in total. The van der Waals surface area contributed by atoms with Crippen molar-refractivity contribution in [2.75, 3.05) is 0 Å². The van der Waals surface area contributed by atoms with Crippen LogP contribution >= 0.6 is 0 Å². The number of H-pyrrole nitrogens is 1. The minimum absolute atomic E-state index is 0.125. The fourth-order valence-electron chi connectivity index (χ4n) is 1.84. The molecule has 0 atom stereocenters. The van der Waals surface area contributed by atoms with Crippen LogP contribution in [0.15, 0.2) is 36.5 Å². The summed E-state index contributed by atoms with van der Waals surface area (Å²) in [6.07, 6.45) is 3.96. The Morgan fingerprint density at radius 2 is 2.11 bits per heavy atom. The number of benzene rings is 1. The number of hydrogen-bond acceptors (Lipinski definition) is 2. The lowest BCUT2D eigenvalue weighted by molar-refractivity contribution is 0.240. The molecule has 5 heteroatoms. The first-order chi connectivity index (χ1) is 9.31. The number of aromatic amines is 1. The zero-order valence-electron chi connectivity index (χ0n) is 10.5. The van der Waals surface area contributed by atoms with E-state index in [1.54, 1.807) is 6.20 Å². The van der Waals surface area contributed by atoms with E-state index in [2.05, 4.69) is 20.6 Å². The summed E-state index contributed by atoms with van der Waals surface area (Å²) in [5.74, 6) is 0.754. The fourth-order valence-corrected chi connectivity index (χ4v) is 1.84. The monoisotopic (exact) mass is 256 g/mol. The average Bonchev–Trinajstić information content (AvgIpc) is 3.12. The molecule has 1 aromatic carbocycles. The van der Waals surface area contributed by atoms with Crippen LogP contribution in [-0.4, -0.2) is 22.0 Å². The maximum atomic E-state index is 11.5. The Morgan fingerprint density at radius 3 is 2.84 bits per heavy atom. The first-order valence-electron chi connectivity index (χ1n) is 6.45. The van der Waals surface area contributed by atoms with E-state index in [1.807, 2.05) is 30.3 Å². The molecule has 1 saturated carbocycles. The highest BCUT2D eigenvalue weighted by Gasteiger charge is 2.22. The Labute approximate surface area is 111 Å². The van der Waals surface area contributed by atoms with Crippen LogP contribution < -0.4 is 10.6 Å². The summed E-state index contributed by atoms with van der Waals surface area (Å²) in [4.78, 5) is 18.9. The van der Waals surface area contributed by atoms with E-state index in [-0.39, 0.29) is 6.03 Å². The minimum atomic E-state index is -0.125. The number of carbonyl (C=O) groups excluding carboxylic acids is 1. The number of hydrogen-bond donors (Lipinski definition) is 3. The highest BCUT2D eigenvalue weighted by molar-refractivity contribution is 5.74. The van der Waals surface area contributed by atoms with Gasteiger partial charge in [-0.3, -0.25) is 0 Å². The van der Waals surface area contributed by atoms with Gasteiger partial charge in [-0.2, -0.15) is 0 Å². The molecular weight excluding hydrogens is 240 g/mol. The van der Waals surface area contributed by atoms with Gasteiger partial charge in [0.25, 0.3) is 0 Å². The Balaban J connectivity index is 1.57. The van der Waals surface area contributed by atoms with Crippen LogP contribution in [0.2, 0.25) is 0 Å². The Bertz CT molecular complexity index is 560. The van der Waals surface area contributed by atoms with Crippen LogP contribution in [0.5, 0.6) is 0 Å². The number of rotatable bonds is 4. The van der Waals surface area contributed by atoms with E-state index >= 15 is 0 Å². The van der Waals surface area contributed by atoms with Crippen molar-refractivity contribution in [2.24, 2.45) is 0 Å². The van der Waals surface area contributed by atoms with E-state index in [0.717, 1.165) is 29.9 Å². The Hall–Kier alpha value is -2.30. The Kier molecular flexibility index (Phi) is 3.18. The number of nitrogens with zero attached hydrogens (tertiary/aromatic N) is 1. The molecule has 0 radical (unpaired) electrons. The molecule has 3 rings (SSSR count). The average molecular weight is 256 g/mol. The third-order valence-electron chi connectivity index (χ3n) is 3.04. The molecule has 1 aliphatic rings. The molecule has 0 aliphatic heterocycles. The molecule has 5 nitrogen and oxygen atoms in total. The largest absolute Gasteiger partial charge is 0.341 e. The summed E-state index contributed by atoms with van der Waals surface area (Å²) in [7, 11) is 0. The zero-order chi connectivity index (χ0) is 13.1. The van der Waals surface area contributed by atoms with Crippen molar-refractivity contribution >= 4 is 6.03 Å². The van der Waals surface area contributed by atoms with Crippen molar-refractivity contribution in [1.82, 2.24) is 20.6 Å². The molecule has 2 amide bonds. The van der Waals surface area contributed by atoms with Crippen molar-refractivity contribution in [2.45, 2.75) is 25.4 Å².